The molecule has 0 aliphatic rings. The van der Waals surface area contributed by atoms with Crippen LogP contribution in [0.5, 0.6) is 0 Å². The summed E-state index contributed by atoms with van der Waals surface area (Å²) in [5.41, 5.74) is 0.693. The van der Waals surface area contributed by atoms with Crippen LogP contribution < -0.4 is 0 Å². The van der Waals surface area contributed by atoms with E-state index in [1.54, 1.807) is 41.8 Å². The standard InChI is InChI=1S/C12H9NO2S/c14-12(15)10-5-1-2-6-11(10)13-8-9-4-3-7-16-9/h1-8H,(H,14,15). The van der Waals surface area contributed by atoms with Gasteiger partial charge >= 0.3 is 5.97 Å². The first-order chi connectivity index (χ1) is 7.77. The number of nitrogens with zero attached hydrogens (tertiary/aromatic N) is 1. The van der Waals surface area contributed by atoms with E-state index >= 15 is 0 Å². The molecule has 0 amide bonds. The number of hydrogen-bond acceptors (Lipinski definition) is 3. The summed E-state index contributed by atoms with van der Waals surface area (Å²) in [5, 5.41) is 10.9. The minimum Gasteiger partial charge on any atom is -0.478 e. The SMILES string of the molecule is O=C(O)c1ccccc1N=Cc1cccs1. The summed E-state index contributed by atoms with van der Waals surface area (Å²) in [6.07, 6.45) is 1.67. The van der Waals surface area contributed by atoms with Gasteiger partial charge < -0.3 is 5.11 Å². The Kier molecular flexibility index (Phi) is 3.12. The van der Waals surface area contributed by atoms with Crippen molar-refractivity contribution in [2.45, 2.75) is 0 Å². The van der Waals surface area contributed by atoms with E-state index in [0.717, 1.165) is 4.88 Å². The Bertz CT molecular complexity index is 518. The molecule has 0 bridgehead atoms. The van der Waals surface area contributed by atoms with Gasteiger partial charge in [0.25, 0.3) is 0 Å². The number of aliphatic imine (C=N–C) groups is 1. The number of para-hydroxylation sites is 1. The predicted octanol–water partition coefficient (Wildman–Crippen LogP) is 3.20. The minimum atomic E-state index is -0.959. The topological polar surface area (TPSA) is 49.7 Å². The number of carbonyl (C=O) groups is 1. The number of carboxylic acids is 1. The summed E-state index contributed by atoms with van der Waals surface area (Å²) in [6, 6.07) is 10.5. The zero-order valence-electron chi connectivity index (χ0n) is 8.33. The van der Waals surface area contributed by atoms with Crippen molar-refractivity contribution >= 4 is 29.2 Å². The van der Waals surface area contributed by atoms with Crippen molar-refractivity contribution in [1.29, 1.82) is 0 Å². The van der Waals surface area contributed by atoms with Crippen molar-refractivity contribution in [3.63, 3.8) is 0 Å². The van der Waals surface area contributed by atoms with E-state index in [0.29, 0.717) is 5.69 Å². The van der Waals surface area contributed by atoms with Gasteiger partial charge in [-0.15, -0.1) is 11.3 Å². The molecule has 2 rings (SSSR count). The Morgan fingerprint density at radius 1 is 1.25 bits per heavy atom. The molecule has 0 saturated carbocycles. The Labute approximate surface area is 96.7 Å². The average molecular weight is 231 g/mol. The van der Waals surface area contributed by atoms with E-state index in [1.165, 1.54) is 0 Å². The molecule has 0 unspecified atom stereocenters. The molecule has 16 heavy (non-hydrogen) atoms. The van der Waals surface area contributed by atoms with Gasteiger partial charge in [-0.3, -0.25) is 4.99 Å². The number of carboxylic acid groups (broad SMARTS) is 1. The van der Waals surface area contributed by atoms with E-state index in [9.17, 15) is 4.79 Å². The largest absolute Gasteiger partial charge is 0.478 e. The fraction of sp³-hybridized carbons (Fsp3) is 0. The fourth-order valence-corrected chi connectivity index (χ4v) is 1.85. The molecular formula is C12H9NO2S. The van der Waals surface area contributed by atoms with Crippen molar-refractivity contribution in [1.82, 2.24) is 0 Å². The van der Waals surface area contributed by atoms with E-state index < -0.39 is 5.97 Å². The highest BCUT2D eigenvalue weighted by Gasteiger charge is 2.06. The third kappa shape index (κ3) is 2.35. The molecule has 80 valence electrons. The number of rotatable bonds is 3. The summed E-state index contributed by atoms with van der Waals surface area (Å²) in [4.78, 5) is 16.1. The lowest BCUT2D eigenvalue weighted by Gasteiger charge is -1.98. The van der Waals surface area contributed by atoms with Crippen molar-refractivity contribution < 1.29 is 9.90 Å². The van der Waals surface area contributed by atoms with Crippen molar-refractivity contribution in [3.05, 3.63) is 52.2 Å². The van der Waals surface area contributed by atoms with E-state index in [4.69, 9.17) is 5.11 Å². The maximum absolute atomic E-state index is 10.9. The van der Waals surface area contributed by atoms with Crippen LogP contribution in [0, 0.1) is 0 Å². The summed E-state index contributed by atoms with van der Waals surface area (Å²) in [5.74, 6) is -0.959. The van der Waals surface area contributed by atoms with Crippen LogP contribution in [-0.4, -0.2) is 17.3 Å². The Morgan fingerprint density at radius 2 is 2.06 bits per heavy atom. The smallest absolute Gasteiger partial charge is 0.337 e. The van der Waals surface area contributed by atoms with Gasteiger partial charge in [-0.2, -0.15) is 0 Å². The molecule has 3 nitrogen and oxygen atoms in total. The highest BCUT2D eigenvalue weighted by Crippen LogP contribution is 2.18. The van der Waals surface area contributed by atoms with E-state index in [2.05, 4.69) is 4.99 Å². The van der Waals surface area contributed by atoms with Crippen LogP contribution in [-0.2, 0) is 0 Å². The highest BCUT2D eigenvalue weighted by molar-refractivity contribution is 7.11. The van der Waals surface area contributed by atoms with E-state index in [1.807, 2.05) is 17.5 Å². The van der Waals surface area contributed by atoms with Crippen LogP contribution in [0.15, 0.2) is 46.8 Å². The first kappa shape index (κ1) is 10.6. The van der Waals surface area contributed by atoms with Crippen LogP contribution >= 0.6 is 11.3 Å². The maximum atomic E-state index is 10.9. The Balaban J connectivity index is 2.31. The van der Waals surface area contributed by atoms with Gasteiger partial charge in [0.1, 0.15) is 0 Å². The lowest BCUT2D eigenvalue weighted by Crippen LogP contribution is -1.95. The second-order valence-electron chi connectivity index (χ2n) is 3.10. The summed E-state index contributed by atoms with van der Waals surface area (Å²) in [7, 11) is 0. The van der Waals surface area contributed by atoms with Crippen molar-refractivity contribution in [2.24, 2.45) is 4.99 Å². The molecule has 0 fully saturated rings. The number of benzene rings is 1. The monoisotopic (exact) mass is 231 g/mol. The fourth-order valence-electron chi connectivity index (χ4n) is 1.26. The molecule has 0 saturated heterocycles. The quantitative estimate of drug-likeness (QED) is 0.825. The molecule has 0 radical (unpaired) electrons. The van der Waals surface area contributed by atoms with Crippen LogP contribution in [0.4, 0.5) is 5.69 Å². The molecule has 1 N–H and O–H groups in total. The lowest BCUT2D eigenvalue weighted by atomic mass is 10.2. The lowest BCUT2D eigenvalue weighted by molar-refractivity contribution is 0.0698. The number of aromatic carboxylic acids is 1. The summed E-state index contributed by atoms with van der Waals surface area (Å²) in [6.45, 7) is 0. The molecule has 1 aromatic heterocycles. The molecule has 4 heteroatoms. The van der Waals surface area contributed by atoms with Crippen LogP contribution in [0.25, 0.3) is 0 Å². The van der Waals surface area contributed by atoms with Crippen molar-refractivity contribution in [3.8, 4) is 0 Å². The third-order valence-electron chi connectivity index (χ3n) is 2.01. The zero-order chi connectivity index (χ0) is 11.4. The van der Waals surface area contributed by atoms with Crippen molar-refractivity contribution in [2.75, 3.05) is 0 Å². The second-order valence-corrected chi connectivity index (χ2v) is 4.08. The highest BCUT2D eigenvalue weighted by atomic mass is 32.1. The van der Waals surface area contributed by atoms with Gasteiger partial charge in [0, 0.05) is 11.1 Å². The van der Waals surface area contributed by atoms with Gasteiger partial charge in [-0.05, 0) is 23.6 Å². The van der Waals surface area contributed by atoms with E-state index in [-0.39, 0.29) is 5.56 Å². The van der Waals surface area contributed by atoms with Crippen LogP contribution in [0.2, 0.25) is 0 Å². The first-order valence-corrected chi connectivity index (χ1v) is 5.55. The normalized spacial score (nSPS) is 10.8. The Morgan fingerprint density at radius 3 is 2.75 bits per heavy atom. The average Bonchev–Trinajstić information content (AvgIpc) is 2.79. The van der Waals surface area contributed by atoms with Gasteiger partial charge in [-0.1, -0.05) is 18.2 Å². The maximum Gasteiger partial charge on any atom is 0.337 e. The summed E-state index contributed by atoms with van der Waals surface area (Å²) < 4.78 is 0. The second kappa shape index (κ2) is 4.72. The zero-order valence-corrected chi connectivity index (χ0v) is 9.15. The Hall–Kier alpha value is -1.94. The van der Waals surface area contributed by atoms with Gasteiger partial charge in [-0.25, -0.2) is 4.79 Å². The molecular weight excluding hydrogens is 222 g/mol. The molecule has 0 aliphatic heterocycles. The van der Waals surface area contributed by atoms with Crippen LogP contribution in [0.1, 0.15) is 15.2 Å². The van der Waals surface area contributed by atoms with Crippen LogP contribution in [0.3, 0.4) is 0 Å². The number of hydrogen-bond donors (Lipinski definition) is 1. The van der Waals surface area contributed by atoms with Gasteiger partial charge in [0.15, 0.2) is 0 Å². The number of thiophene rings is 1. The van der Waals surface area contributed by atoms with Gasteiger partial charge in [0.2, 0.25) is 0 Å². The molecule has 0 atom stereocenters. The van der Waals surface area contributed by atoms with Gasteiger partial charge in [0.05, 0.1) is 11.3 Å². The first-order valence-electron chi connectivity index (χ1n) is 4.67. The molecule has 0 spiro atoms. The minimum absolute atomic E-state index is 0.218. The molecule has 0 aliphatic carbocycles. The third-order valence-corrected chi connectivity index (χ3v) is 2.82. The molecule has 2 aromatic rings. The molecule has 1 aromatic carbocycles. The molecule has 1 heterocycles. The predicted molar refractivity (Wildman–Crippen MR) is 65.0 cm³/mol. The summed E-state index contributed by atoms with van der Waals surface area (Å²) >= 11 is 1.56.